The number of aryl methyl sites for hydroxylation is 2. The molecule has 1 N–H and O–H groups in total. The van der Waals surface area contributed by atoms with Crippen LogP contribution in [0.15, 0.2) is 48.5 Å². The number of nitrogens with zero attached hydrogens (tertiary/aromatic N) is 1. The van der Waals surface area contributed by atoms with Crippen LogP contribution in [0.5, 0.6) is 0 Å². The van der Waals surface area contributed by atoms with Crippen LogP contribution in [-0.2, 0) is 36.6 Å². The summed E-state index contributed by atoms with van der Waals surface area (Å²) in [6.45, 7) is 5.89. The summed E-state index contributed by atoms with van der Waals surface area (Å²) in [7, 11) is 0. The van der Waals surface area contributed by atoms with Gasteiger partial charge in [-0.15, -0.1) is 0 Å². The Bertz CT molecular complexity index is 1020. The van der Waals surface area contributed by atoms with Crippen molar-refractivity contribution >= 4 is 17.6 Å². The maximum atomic E-state index is 12.4. The van der Waals surface area contributed by atoms with E-state index >= 15 is 0 Å². The predicted octanol–water partition coefficient (Wildman–Crippen LogP) is 4.11. The fourth-order valence-electron chi connectivity index (χ4n) is 4.65. The Kier molecular flexibility index (Phi) is 7.59. The number of β-lactam (4-membered cyclic amide) rings is 1. The van der Waals surface area contributed by atoms with Gasteiger partial charge in [-0.25, -0.2) is 0 Å². The molecular formula is C28H35NO6. The lowest BCUT2D eigenvalue weighted by Gasteiger charge is -2.42. The maximum absolute atomic E-state index is 12.4. The number of ether oxygens (including phenoxy) is 3. The van der Waals surface area contributed by atoms with Crippen molar-refractivity contribution in [2.24, 2.45) is 0 Å². The van der Waals surface area contributed by atoms with Crippen LogP contribution >= 0.6 is 0 Å². The minimum absolute atomic E-state index is 0.0228. The van der Waals surface area contributed by atoms with E-state index in [0.717, 1.165) is 35.2 Å². The molecule has 188 valence electrons. The fraction of sp³-hybridized carbons (Fsp3) is 0.500. The summed E-state index contributed by atoms with van der Waals surface area (Å²) in [5, 5.41) is 9.01. The van der Waals surface area contributed by atoms with Gasteiger partial charge in [0.15, 0.2) is 11.4 Å². The molecule has 1 unspecified atom stereocenters. The highest BCUT2D eigenvalue weighted by Gasteiger charge is 2.42. The quantitative estimate of drug-likeness (QED) is 0.429. The molecule has 0 radical (unpaired) electrons. The van der Waals surface area contributed by atoms with Gasteiger partial charge in [-0.1, -0.05) is 36.4 Å². The Hall–Kier alpha value is -2.74. The molecule has 0 aromatic heterocycles. The number of esters is 1. The lowest BCUT2D eigenvalue weighted by atomic mass is 9.90. The van der Waals surface area contributed by atoms with Gasteiger partial charge in [-0.05, 0) is 68.4 Å². The van der Waals surface area contributed by atoms with Gasteiger partial charge in [-0.3, -0.25) is 9.59 Å². The molecule has 4 rings (SSSR count). The molecule has 2 aromatic rings. The molecule has 0 saturated carbocycles. The number of benzene rings is 2. The summed E-state index contributed by atoms with van der Waals surface area (Å²) in [5.41, 5.74) is 3.47. The molecule has 1 atom stereocenters. The van der Waals surface area contributed by atoms with Crippen LogP contribution in [0.25, 0.3) is 0 Å². The van der Waals surface area contributed by atoms with Crippen LogP contribution in [0, 0.1) is 0 Å². The van der Waals surface area contributed by atoms with Crippen molar-refractivity contribution in [3.8, 4) is 0 Å². The molecule has 7 nitrogen and oxygen atoms in total. The van der Waals surface area contributed by atoms with Gasteiger partial charge in [0.25, 0.3) is 0 Å². The number of amides is 1. The lowest BCUT2D eigenvalue weighted by molar-refractivity contribution is -0.305. The van der Waals surface area contributed by atoms with E-state index < -0.39 is 11.4 Å². The first-order valence-corrected chi connectivity index (χ1v) is 12.3. The van der Waals surface area contributed by atoms with Gasteiger partial charge < -0.3 is 24.2 Å². The Labute approximate surface area is 207 Å². The summed E-state index contributed by atoms with van der Waals surface area (Å²) in [5.74, 6) is -0.911. The van der Waals surface area contributed by atoms with Crippen molar-refractivity contribution in [1.82, 2.24) is 0 Å². The molecule has 2 aliphatic heterocycles. The van der Waals surface area contributed by atoms with Crippen LogP contribution < -0.4 is 4.90 Å². The van der Waals surface area contributed by atoms with Crippen LogP contribution in [0.1, 0.15) is 62.8 Å². The minimum Gasteiger partial charge on any atom is -0.454 e. The van der Waals surface area contributed by atoms with E-state index in [4.69, 9.17) is 19.3 Å². The predicted molar refractivity (Wildman–Crippen MR) is 132 cm³/mol. The zero-order chi connectivity index (χ0) is 25.1. The molecule has 2 saturated heterocycles. The molecule has 0 bridgehead atoms. The van der Waals surface area contributed by atoms with Gasteiger partial charge in [-0.2, -0.15) is 0 Å². The van der Waals surface area contributed by atoms with Crippen molar-refractivity contribution in [3.05, 3.63) is 65.2 Å². The number of carbonyl (C=O) groups is 2. The SMILES string of the molecule is CC(=O)OC1(CCc2ccc(C3CC(=O)N3c3ccc(CCCO)cc3)cc2)COC(C)(C)OC1. The van der Waals surface area contributed by atoms with Crippen LogP contribution in [-0.4, -0.2) is 48.2 Å². The molecule has 0 aliphatic carbocycles. The third-order valence-corrected chi connectivity index (χ3v) is 6.75. The molecule has 0 spiro atoms. The molecule has 7 heteroatoms. The molecule has 1 amide bonds. The molecule has 2 aromatic carbocycles. The first-order valence-electron chi connectivity index (χ1n) is 12.3. The normalized spacial score (nSPS) is 20.9. The second-order valence-electron chi connectivity index (χ2n) is 9.97. The van der Waals surface area contributed by atoms with Crippen molar-refractivity contribution in [1.29, 1.82) is 0 Å². The Morgan fingerprint density at radius 3 is 2.20 bits per heavy atom. The van der Waals surface area contributed by atoms with Crippen LogP contribution in [0.3, 0.4) is 0 Å². The summed E-state index contributed by atoms with van der Waals surface area (Å²) in [6, 6.07) is 16.3. The number of rotatable bonds is 9. The number of aliphatic hydroxyl groups excluding tert-OH is 1. The van der Waals surface area contributed by atoms with Crippen molar-refractivity contribution in [3.63, 3.8) is 0 Å². The summed E-state index contributed by atoms with van der Waals surface area (Å²) in [4.78, 5) is 26.0. The molecule has 2 aliphatic rings. The fourth-order valence-corrected chi connectivity index (χ4v) is 4.65. The zero-order valence-corrected chi connectivity index (χ0v) is 20.8. The topological polar surface area (TPSA) is 85.3 Å². The minimum atomic E-state index is -0.791. The Morgan fingerprint density at radius 1 is 1.03 bits per heavy atom. The van der Waals surface area contributed by atoms with Crippen molar-refractivity contribution < 1.29 is 28.9 Å². The molecule has 35 heavy (non-hydrogen) atoms. The van der Waals surface area contributed by atoms with E-state index in [-0.39, 0.29) is 24.5 Å². The van der Waals surface area contributed by atoms with Gasteiger partial charge in [0, 0.05) is 19.2 Å². The zero-order valence-electron chi connectivity index (χ0n) is 20.8. The van der Waals surface area contributed by atoms with E-state index in [1.807, 2.05) is 43.0 Å². The van der Waals surface area contributed by atoms with Crippen molar-refractivity contribution in [2.75, 3.05) is 24.7 Å². The Balaban J connectivity index is 1.39. The number of hydrogen-bond acceptors (Lipinski definition) is 6. The average molecular weight is 482 g/mol. The lowest BCUT2D eigenvalue weighted by Crippen LogP contribution is -2.53. The summed E-state index contributed by atoms with van der Waals surface area (Å²) < 4.78 is 17.2. The van der Waals surface area contributed by atoms with Crippen molar-refractivity contribution in [2.45, 2.75) is 70.3 Å². The summed E-state index contributed by atoms with van der Waals surface area (Å²) in [6.07, 6.45) is 3.36. The van der Waals surface area contributed by atoms with Gasteiger partial charge >= 0.3 is 5.97 Å². The van der Waals surface area contributed by atoms with Gasteiger partial charge in [0.2, 0.25) is 5.91 Å². The Morgan fingerprint density at radius 2 is 1.63 bits per heavy atom. The summed E-state index contributed by atoms with van der Waals surface area (Å²) >= 11 is 0. The van der Waals surface area contributed by atoms with E-state index in [1.54, 1.807) is 0 Å². The van der Waals surface area contributed by atoms with E-state index in [9.17, 15) is 9.59 Å². The van der Waals surface area contributed by atoms with Crippen LogP contribution in [0.4, 0.5) is 5.69 Å². The third-order valence-electron chi connectivity index (χ3n) is 6.75. The molecule has 2 heterocycles. The number of aliphatic hydroxyl groups is 1. The van der Waals surface area contributed by atoms with E-state index in [1.165, 1.54) is 6.92 Å². The highest BCUT2D eigenvalue weighted by molar-refractivity contribution is 6.01. The highest BCUT2D eigenvalue weighted by Crippen LogP contribution is 2.39. The second-order valence-corrected chi connectivity index (χ2v) is 9.97. The first-order chi connectivity index (χ1) is 16.7. The third kappa shape index (κ3) is 6.10. The number of anilines is 1. The van der Waals surface area contributed by atoms with Crippen LogP contribution in [0.2, 0.25) is 0 Å². The second kappa shape index (κ2) is 10.5. The number of hydrogen-bond donors (Lipinski definition) is 1. The maximum Gasteiger partial charge on any atom is 0.303 e. The molecular weight excluding hydrogens is 446 g/mol. The molecule has 2 fully saturated rings. The van der Waals surface area contributed by atoms with E-state index in [0.29, 0.717) is 32.5 Å². The first kappa shape index (κ1) is 25.4. The largest absolute Gasteiger partial charge is 0.454 e. The number of carbonyl (C=O) groups excluding carboxylic acids is 2. The van der Waals surface area contributed by atoms with Gasteiger partial charge in [0.05, 0.1) is 25.7 Å². The average Bonchev–Trinajstić information content (AvgIpc) is 2.83. The van der Waals surface area contributed by atoms with E-state index in [2.05, 4.69) is 24.3 Å². The standard InChI is InChI=1S/C28H35NO6/c1-20(31)35-28(18-33-27(2,3)34-19-28)15-14-22-6-10-23(11-7-22)25-17-26(32)29(25)24-12-8-21(9-13-24)5-4-16-30/h6-13,25,30H,4-5,14-19H2,1-3H3. The smallest absolute Gasteiger partial charge is 0.303 e. The highest BCUT2D eigenvalue weighted by atomic mass is 16.7. The monoisotopic (exact) mass is 481 g/mol. The van der Waals surface area contributed by atoms with Gasteiger partial charge in [0.1, 0.15) is 0 Å².